The molecule has 0 saturated heterocycles. The summed E-state index contributed by atoms with van der Waals surface area (Å²) in [5, 5.41) is 2.62. The van der Waals surface area contributed by atoms with Crippen LogP contribution in [0.4, 0.5) is 0 Å². The molecule has 6 heteroatoms. The molecule has 4 rings (SSSR count). The molecule has 33 heavy (non-hydrogen) atoms. The van der Waals surface area contributed by atoms with Crippen molar-refractivity contribution in [1.29, 1.82) is 0 Å². The summed E-state index contributed by atoms with van der Waals surface area (Å²) in [4.78, 5) is 4.31. The van der Waals surface area contributed by atoms with E-state index in [2.05, 4.69) is 48.3 Å². The van der Waals surface area contributed by atoms with E-state index in [1.807, 2.05) is 66.7 Å². The van der Waals surface area contributed by atoms with Gasteiger partial charge in [-0.05, 0) is 23.6 Å². The minimum Gasteiger partial charge on any atom is -0.672 e. The average molecular weight is 586 g/mol. The Hall–Kier alpha value is -1.34. The van der Waals surface area contributed by atoms with Gasteiger partial charge in [0.05, 0.1) is 5.52 Å². The van der Waals surface area contributed by atoms with Crippen molar-refractivity contribution < 1.29 is 15.1 Å². The predicted octanol–water partition coefficient (Wildman–Crippen LogP) is 8.65. The monoisotopic (exact) mass is 585 g/mol. The van der Waals surface area contributed by atoms with Crippen molar-refractivity contribution in [3.8, 4) is 0 Å². The minimum absolute atomic E-state index is 0.255. The molecular formula is C27H30Cl2N2PRu-3. The third-order valence-corrected chi connectivity index (χ3v) is 5.57. The zero-order chi connectivity index (χ0) is 24.0. The number of benzene rings is 3. The summed E-state index contributed by atoms with van der Waals surface area (Å²) in [6.07, 6.45) is 5.02. The quantitative estimate of drug-likeness (QED) is 0.0966. The molecular weight excluding hydrogens is 555 g/mol. The summed E-state index contributed by atoms with van der Waals surface area (Å²) >= 11 is -0.346. The first-order chi connectivity index (χ1) is 16.2. The van der Waals surface area contributed by atoms with Crippen LogP contribution in [0.15, 0.2) is 97.1 Å². The minimum atomic E-state index is -0.346. The van der Waals surface area contributed by atoms with Crippen LogP contribution < -0.4 is 5.30 Å². The van der Waals surface area contributed by atoms with Gasteiger partial charge in [0.2, 0.25) is 0 Å². The van der Waals surface area contributed by atoms with Crippen LogP contribution in [0.3, 0.4) is 0 Å². The van der Waals surface area contributed by atoms with Crippen molar-refractivity contribution in [3.63, 3.8) is 0 Å². The number of unbranched alkanes of at least 4 members (excludes halogenated alkanes) is 2. The molecule has 1 atom stereocenters. The van der Waals surface area contributed by atoms with E-state index in [0.717, 1.165) is 31.6 Å². The summed E-state index contributed by atoms with van der Waals surface area (Å²) in [5.41, 5.74) is 8.96. The molecule has 0 fully saturated rings. The Morgan fingerprint density at radius 1 is 0.848 bits per heavy atom. The van der Waals surface area contributed by atoms with Gasteiger partial charge in [0, 0.05) is 11.1 Å². The molecule has 0 bridgehead atoms. The molecule has 0 saturated carbocycles. The van der Waals surface area contributed by atoms with Gasteiger partial charge < -0.3 is 12.7 Å². The number of nitrogens with zero attached hydrogens (tertiary/aromatic N) is 1. The second kappa shape index (κ2) is 21.2. The molecule has 3 aromatic carbocycles. The van der Waals surface area contributed by atoms with Gasteiger partial charge in [-0.25, -0.2) is 0 Å². The summed E-state index contributed by atoms with van der Waals surface area (Å²) in [7, 11) is 10.7. The number of fused-ring (bicyclic) bond motifs is 1. The number of rotatable bonds is 6. The van der Waals surface area contributed by atoms with Crippen LogP contribution in [0, 0.1) is 13.0 Å². The molecule has 1 unspecified atom stereocenters. The molecule has 0 aliphatic carbocycles. The number of hydrogen-bond donors (Lipinski definition) is 0. The van der Waals surface area contributed by atoms with E-state index in [9.17, 15) is 0 Å². The van der Waals surface area contributed by atoms with Crippen LogP contribution in [-0.4, -0.2) is 11.1 Å². The summed E-state index contributed by atoms with van der Waals surface area (Å²) < 4.78 is 0. The largest absolute Gasteiger partial charge is 0.672 e. The van der Waals surface area contributed by atoms with Gasteiger partial charge in [-0.1, -0.05) is 76.0 Å². The van der Waals surface area contributed by atoms with Gasteiger partial charge in [-0.3, -0.25) is 4.98 Å². The zero-order valence-electron chi connectivity index (χ0n) is 18.5. The van der Waals surface area contributed by atoms with Crippen molar-refractivity contribution in [2.75, 3.05) is 6.16 Å². The fourth-order valence-electron chi connectivity index (χ4n) is 2.64. The van der Waals surface area contributed by atoms with Gasteiger partial charge in [0.15, 0.2) is 0 Å². The Morgan fingerprint density at radius 3 is 2.06 bits per heavy atom. The van der Waals surface area contributed by atoms with Crippen molar-refractivity contribution in [3.05, 3.63) is 121 Å². The van der Waals surface area contributed by atoms with Crippen molar-refractivity contribution in [2.24, 2.45) is 0 Å². The summed E-state index contributed by atoms with van der Waals surface area (Å²) in [6, 6.07) is 35.1. The molecule has 4 aromatic rings. The van der Waals surface area contributed by atoms with E-state index >= 15 is 0 Å². The second-order valence-corrected chi connectivity index (χ2v) is 10.7. The van der Waals surface area contributed by atoms with Crippen LogP contribution in [0.5, 0.6) is 0 Å². The number of hydrogen-bond acceptors (Lipinski definition) is 1. The van der Waals surface area contributed by atoms with E-state index in [0.29, 0.717) is 0 Å². The number of nitrogens with one attached hydrogen (secondary N) is 1. The fraction of sp³-hybridized carbons (Fsp3) is 0.185. The SMILES string of the molecule is [CH2-]CCCCPc1ccccc1.[Cl][Ru][Cl].[NH-]Cc1ccc2ccccc2n1.[c-]1ccccc1. The molecule has 1 heterocycles. The maximum absolute atomic E-state index is 7.16. The van der Waals surface area contributed by atoms with Crippen LogP contribution in [-0.2, 0) is 21.7 Å². The second-order valence-electron chi connectivity index (χ2n) is 6.65. The van der Waals surface area contributed by atoms with E-state index in [4.69, 9.17) is 25.1 Å². The molecule has 1 aromatic heterocycles. The van der Waals surface area contributed by atoms with Crippen LogP contribution in [0.25, 0.3) is 16.6 Å². The number of halogens is 2. The van der Waals surface area contributed by atoms with Crippen molar-refractivity contribution >= 4 is 44.2 Å². The Morgan fingerprint density at radius 2 is 1.48 bits per heavy atom. The summed E-state index contributed by atoms with van der Waals surface area (Å²) in [6.45, 7) is 4.09. The number of aromatic nitrogens is 1. The van der Waals surface area contributed by atoms with Crippen molar-refractivity contribution in [2.45, 2.75) is 25.8 Å². The van der Waals surface area contributed by atoms with Gasteiger partial charge >= 0.3 is 34.5 Å². The van der Waals surface area contributed by atoms with Gasteiger partial charge in [0.25, 0.3) is 0 Å². The maximum Gasteiger partial charge on any atom is 0.0704 e. The Balaban J connectivity index is 0.000000244. The number of pyridine rings is 1. The molecule has 0 spiro atoms. The Kier molecular flexibility index (Phi) is 19.1. The van der Waals surface area contributed by atoms with Gasteiger partial charge in [-0.2, -0.15) is 42.8 Å². The van der Waals surface area contributed by atoms with Crippen molar-refractivity contribution in [1.82, 2.24) is 4.98 Å². The zero-order valence-corrected chi connectivity index (χ0v) is 22.8. The first-order valence-electron chi connectivity index (χ1n) is 10.6. The smallest absolute Gasteiger partial charge is 0.0704 e. The van der Waals surface area contributed by atoms with Crippen LogP contribution in [0.2, 0.25) is 0 Å². The van der Waals surface area contributed by atoms with Crippen LogP contribution >= 0.6 is 28.0 Å². The fourth-order valence-corrected chi connectivity index (χ4v) is 3.78. The molecule has 0 radical (unpaired) electrons. The molecule has 0 aliphatic rings. The third kappa shape index (κ3) is 15.2. The Labute approximate surface area is 216 Å². The first kappa shape index (κ1) is 29.7. The first-order valence-corrected chi connectivity index (χ1v) is 16.3. The molecule has 178 valence electrons. The van der Waals surface area contributed by atoms with E-state index < -0.39 is 0 Å². The Bertz CT molecular complexity index is 933. The molecule has 0 amide bonds. The van der Waals surface area contributed by atoms with E-state index in [1.54, 1.807) is 0 Å². The van der Waals surface area contributed by atoms with Gasteiger partial charge in [-0.15, -0.1) is 6.54 Å². The average Bonchev–Trinajstić information content (AvgIpc) is 2.89. The van der Waals surface area contributed by atoms with E-state index in [-0.39, 0.29) is 21.7 Å². The predicted molar refractivity (Wildman–Crippen MR) is 145 cm³/mol. The number of para-hydroxylation sites is 1. The van der Waals surface area contributed by atoms with E-state index in [1.165, 1.54) is 24.3 Å². The molecule has 0 aliphatic heterocycles. The van der Waals surface area contributed by atoms with Gasteiger partial charge in [0.1, 0.15) is 0 Å². The molecule has 1 N–H and O–H groups in total. The maximum atomic E-state index is 7.16. The third-order valence-electron chi connectivity index (χ3n) is 4.22. The van der Waals surface area contributed by atoms with Crippen LogP contribution in [0.1, 0.15) is 25.0 Å². The normalized spacial score (nSPS) is 9.94. The topological polar surface area (TPSA) is 36.7 Å². The molecule has 2 nitrogen and oxygen atoms in total. The standard InChI is InChI=1S/C11H16P.C10H9N2.C6H5.2ClH.Ru/c1-2-3-7-10-12-11-8-5-4-6-9-11;11-7-9-6-5-8-3-1-2-4-10(8)12-9;1-2-4-6-5-3-1;;;/h4-6,8-9,12H,1-3,7,10H2;1-6,11H,7H2;1-5H;2*1H;/q3*-1;;;+2/p-2. The summed E-state index contributed by atoms with van der Waals surface area (Å²) in [5.74, 6) is 0.